The number of nitrogens with one attached hydrogen (secondary N) is 2. The number of halogens is 2. The second-order valence-electron chi connectivity index (χ2n) is 4.78. The maximum atomic E-state index is 12.2. The van der Waals surface area contributed by atoms with Crippen molar-refractivity contribution in [3.63, 3.8) is 0 Å². The van der Waals surface area contributed by atoms with Gasteiger partial charge in [-0.15, -0.1) is 0 Å². The summed E-state index contributed by atoms with van der Waals surface area (Å²) < 4.78 is 15.7. The molecule has 0 spiro atoms. The average molecular weight is 387 g/mol. The van der Waals surface area contributed by atoms with E-state index in [0.29, 0.717) is 28.6 Å². The van der Waals surface area contributed by atoms with Crippen LogP contribution in [0.3, 0.4) is 0 Å². The molecule has 25 heavy (non-hydrogen) atoms. The molecule has 134 valence electrons. The van der Waals surface area contributed by atoms with Crippen molar-refractivity contribution in [3.8, 4) is 23.0 Å². The van der Waals surface area contributed by atoms with Gasteiger partial charge >= 0.3 is 6.03 Å². The first-order chi connectivity index (χ1) is 11.9. The van der Waals surface area contributed by atoms with E-state index < -0.39 is 6.03 Å². The molecule has 0 aromatic heterocycles. The van der Waals surface area contributed by atoms with Crippen LogP contribution in [0.15, 0.2) is 24.3 Å². The topological polar surface area (TPSA) is 89.1 Å². The molecule has 0 fully saturated rings. The SMILES string of the molecule is COc1cc(NC(=O)Nc2cc(Cl)c(O)c(Cl)c2)cc(OC)c1OC. The van der Waals surface area contributed by atoms with Crippen molar-refractivity contribution in [2.45, 2.75) is 0 Å². The fourth-order valence-electron chi connectivity index (χ4n) is 2.08. The highest BCUT2D eigenvalue weighted by Gasteiger charge is 2.15. The van der Waals surface area contributed by atoms with Crippen molar-refractivity contribution >= 4 is 40.6 Å². The Kier molecular flexibility index (Phi) is 6.06. The zero-order chi connectivity index (χ0) is 18.6. The van der Waals surface area contributed by atoms with E-state index in [4.69, 9.17) is 37.4 Å². The minimum atomic E-state index is -0.549. The van der Waals surface area contributed by atoms with E-state index in [0.717, 1.165) is 0 Å². The van der Waals surface area contributed by atoms with Crippen LogP contribution in [0.5, 0.6) is 23.0 Å². The number of phenols is 1. The first-order valence-corrected chi connectivity index (χ1v) is 7.71. The third-order valence-corrected chi connectivity index (χ3v) is 3.77. The van der Waals surface area contributed by atoms with Crippen LogP contribution >= 0.6 is 23.2 Å². The molecule has 2 aromatic rings. The lowest BCUT2D eigenvalue weighted by atomic mass is 10.2. The van der Waals surface area contributed by atoms with Crippen LogP contribution in [0.4, 0.5) is 16.2 Å². The Labute approximate surface area is 154 Å². The number of benzene rings is 2. The molecule has 2 aromatic carbocycles. The van der Waals surface area contributed by atoms with Gasteiger partial charge in [-0.25, -0.2) is 4.79 Å². The smallest absolute Gasteiger partial charge is 0.323 e. The molecule has 0 aliphatic heterocycles. The Bertz CT molecular complexity index is 750. The zero-order valence-corrected chi connectivity index (χ0v) is 15.2. The van der Waals surface area contributed by atoms with Gasteiger partial charge in [0.1, 0.15) is 0 Å². The van der Waals surface area contributed by atoms with Gasteiger partial charge in [-0.1, -0.05) is 23.2 Å². The predicted molar refractivity (Wildman–Crippen MR) is 96.9 cm³/mol. The minimum absolute atomic E-state index is 0.0237. The zero-order valence-electron chi connectivity index (χ0n) is 13.6. The first kappa shape index (κ1) is 18.8. The molecule has 0 radical (unpaired) electrons. The maximum absolute atomic E-state index is 12.2. The number of urea groups is 1. The molecule has 9 heteroatoms. The predicted octanol–water partition coefficient (Wildman–Crippen LogP) is 4.37. The number of hydrogen-bond acceptors (Lipinski definition) is 5. The monoisotopic (exact) mass is 386 g/mol. The fourth-order valence-corrected chi connectivity index (χ4v) is 2.57. The summed E-state index contributed by atoms with van der Waals surface area (Å²) in [4.78, 5) is 12.2. The Morgan fingerprint density at radius 3 is 1.72 bits per heavy atom. The van der Waals surface area contributed by atoms with Crippen molar-refractivity contribution in [1.29, 1.82) is 0 Å². The molecule has 2 rings (SSSR count). The number of amides is 2. The summed E-state index contributed by atoms with van der Waals surface area (Å²) in [7, 11) is 4.43. The van der Waals surface area contributed by atoms with E-state index in [-0.39, 0.29) is 15.8 Å². The standard InChI is InChI=1S/C16H16Cl2N2O5/c1-23-12-6-9(7-13(24-2)15(12)25-3)20-16(22)19-8-4-10(17)14(21)11(18)5-8/h4-7,21H,1-3H3,(H2,19,20,22). The van der Waals surface area contributed by atoms with Crippen molar-refractivity contribution in [1.82, 2.24) is 0 Å². The highest BCUT2D eigenvalue weighted by molar-refractivity contribution is 6.37. The highest BCUT2D eigenvalue weighted by atomic mass is 35.5. The summed E-state index contributed by atoms with van der Waals surface area (Å²) in [5, 5.41) is 14.8. The number of carbonyl (C=O) groups is 1. The van der Waals surface area contributed by atoms with Crippen LogP contribution in [0.25, 0.3) is 0 Å². The third kappa shape index (κ3) is 4.32. The van der Waals surface area contributed by atoms with Gasteiger partial charge in [0.05, 0.1) is 37.1 Å². The van der Waals surface area contributed by atoms with E-state index in [1.165, 1.54) is 33.5 Å². The normalized spacial score (nSPS) is 10.1. The quantitative estimate of drug-likeness (QED) is 0.663. The summed E-state index contributed by atoms with van der Waals surface area (Å²) in [6.07, 6.45) is 0. The van der Waals surface area contributed by atoms with Gasteiger partial charge in [0, 0.05) is 17.8 Å². The molecule has 2 amide bonds. The molecule has 3 N–H and O–H groups in total. The largest absolute Gasteiger partial charge is 0.505 e. The summed E-state index contributed by atoms with van der Waals surface area (Å²) in [5.41, 5.74) is 0.737. The third-order valence-electron chi connectivity index (χ3n) is 3.20. The van der Waals surface area contributed by atoms with Crippen molar-refractivity contribution in [3.05, 3.63) is 34.3 Å². The van der Waals surface area contributed by atoms with Crippen LogP contribution in [0, 0.1) is 0 Å². The Morgan fingerprint density at radius 2 is 1.32 bits per heavy atom. The number of carbonyl (C=O) groups excluding carboxylic acids is 1. The molecule has 7 nitrogen and oxygen atoms in total. The fraction of sp³-hybridized carbons (Fsp3) is 0.188. The second kappa shape index (κ2) is 8.04. The van der Waals surface area contributed by atoms with Gasteiger partial charge in [0.15, 0.2) is 17.2 Å². The first-order valence-electron chi connectivity index (χ1n) is 6.95. The molecule has 0 unspecified atom stereocenters. The molecule has 0 saturated carbocycles. The molecule has 0 heterocycles. The Morgan fingerprint density at radius 1 is 0.880 bits per heavy atom. The van der Waals surface area contributed by atoms with Gasteiger partial charge in [-0.2, -0.15) is 0 Å². The van der Waals surface area contributed by atoms with E-state index >= 15 is 0 Å². The van der Waals surface area contributed by atoms with E-state index in [9.17, 15) is 9.90 Å². The molecular weight excluding hydrogens is 371 g/mol. The van der Waals surface area contributed by atoms with Crippen LogP contribution < -0.4 is 24.8 Å². The van der Waals surface area contributed by atoms with Crippen LogP contribution in [-0.2, 0) is 0 Å². The van der Waals surface area contributed by atoms with Gasteiger partial charge in [0.2, 0.25) is 5.75 Å². The molecular formula is C16H16Cl2N2O5. The lowest BCUT2D eigenvalue weighted by molar-refractivity contribution is 0.262. The van der Waals surface area contributed by atoms with Gasteiger partial charge < -0.3 is 30.0 Å². The lowest BCUT2D eigenvalue weighted by Gasteiger charge is -2.15. The summed E-state index contributed by atoms with van der Waals surface area (Å²) in [5.74, 6) is 0.952. The summed E-state index contributed by atoms with van der Waals surface area (Å²) in [6, 6.07) is 5.36. The molecule has 0 bridgehead atoms. The molecule has 0 atom stereocenters. The van der Waals surface area contributed by atoms with Crippen molar-refractivity contribution < 1.29 is 24.1 Å². The molecule has 0 aliphatic carbocycles. The number of ether oxygens (including phenoxy) is 3. The highest BCUT2D eigenvalue weighted by Crippen LogP contribution is 2.40. The van der Waals surface area contributed by atoms with Gasteiger partial charge in [-0.3, -0.25) is 0 Å². The molecule has 0 saturated heterocycles. The van der Waals surface area contributed by atoms with Crippen LogP contribution in [0.1, 0.15) is 0 Å². The van der Waals surface area contributed by atoms with Gasteiger partial charge in [0.25, 0.3) is 0 Å². The molecule has 0 aliphatic rings. The van der Waals surface area contributed by atoms with Gasteiger partial charge in [-0.05, 0) is 12.1 Å². The Balaban J connectivity index is 2.20. The second-order valence-corrected chi connectivity index (χ2v) is 5.60. The van der Waals surface area contributed by atoms with Crippen LogP contribution in [-0.4, -0.2) is 32.5 Å². The number of phenolic OH excluding ortho intramolecular Hbond substituents is 1. The van der Waals surface area contributed by atoms with E-state index in [2.05, 4.69) is 10.6 Å². The van der Waals surface area contributed by atoms with Crippen molar-refractivity contribution in [2.24, 2.45) is 0 Å². The number of anilines is 2. The maximum Gasteiger partial charge on any atom is 0.323 e. The van der Waals surface area contributed by atoms with E-state index in [1.54, 1.807) is 12.1 Å². The lowest BCUT2D eigenvalue weighted by Crippen LogP contribution is -2.19. The van der Waals surface area contributed by atoms with Crippen LogP contribution in [0.2, 0.25) is 10.0 Å². The number of rotatable bonds is 5. The number of hydrogen-bond donors (Lipinski definition) is 3. The number of aromatic hydroxyl groups is 1. The Hall–Kier alpha value is -2.51. The van der Waals surface area contributed by atoms with E-state index in [1.807, 2.05) is 0 Å². The average Bonchev–Trinajstić information content (AvgIpc) is 2.58. The van der Waals surface area contributed by atoms with Crippen molar-refractivity contribution in [2.75, 3.05) is 32.0 Å². The number of methoxy groups -OCH3 is 3. The minimum Gasteiger partial charge on any atom is -0.505 e. The summed E-state index contributed by atoms with van der Waals surface area (Å²) in [6.45, 7) is 0. The summed E-state index contributed by atoms with van der Waals surface area (Å²) >= 11 is 11.6.